The Morgan fingerprint density at radius 1 is 1.31 bits per heavy atom. The summed E-state index contributed by atoms with van der Waals surface area (Å²) >= 11 is 0. The molecule has 0 aromatic heterocycles. The molecule has 0 saturated carbocycles. The van der Waals surface area contributed by atoms with Crippen molar-refractivity contribution in [2.24, 2.45) is 5.92 Å². The van der Waals surface area contributed by atoms with Crippen LogP contribution in [0.5, 0.6) is 5.75 Å². The number of carbonyl (C=O) groups excluding carboxylic acids is 2. The van der Waals surface area contributed by atoms with Gasteiger partial charge in [0, 0.05) is 25.6 Å². The molecule has 2 atom stereocenters. The molecular formula is C20H29N3O3. The number of nitrogens with zero attached hydrogens (tertiary/aromatic N) is 2. The third-order valence-electron chi connectivity index (χ3n) is 5.37. The van der Waals surface area contributed by atoms with Gasteiger partial charge in [0.25, 0.3) is 0 Å². The summed E-state index contributed by atoms with van der Waals surface area (Å²) in [4.78, 5) is 29.2. The fourth-order valence-electron chi connectivity index (χ4n) is 3.98. The smallest absolute Gasteiger partial charge is 0.227 e. The highest BCUT2D eigenvalue weighted by atomic mass is 16.5. The first-order chi connectivity index (χ1) is 12.6. The monoisotopic (exact) mass is 359 g/mol. The van der Waals surface area contributed by atoms with Gasteiger partial charge in [-0.25, -0.2) is 0 Å². The fourth-order valence-corrected chi connectivity index (χ4v) is 3.98. The van der Waals surface area contributed by atoms with Crippen LogP contribution in [-0.4, -0.2) is 55.5 Å². The number of nitrogens with one attached hydrogen (secondary N) is 1. The molecule has 0 spiro atoms. The van der Waals surface area contributed by atoms with Crippen molar-refractivity contribution in [1.82, 2.24) is 10.2 Å². The van der Waals surface area contributed by atoms with Gasteiger partial charge in [0.15, 0.2) is 0 Å². The molecule has 2 saturated heterocycles. The van der Waals surface area contributed by atoms with Crippen LogP contribution in [0, 0.1) is 5.92 Å². The number of hydrogen-bond donors (Lipinski definition) is 1. The van der Waals surface area contributed by atoms with Crippen LogP contribution in [0.15, 0.2) is 24.3 Å². The first kappa shape index (κ1) is 18.7. The standard InChI is InChI=1S/C20H29N3O3/c1-3-22-11-7-8-16(22)13-21-20(25)15-12-19(24)23(14-15)17-9-5-6-10-18(17)26-4-2/h5-6,9-10,15-16H,3-4,7-8,11-14H2,1-2H3,(H,21,25). The number of para-hydroxylation sites is 2. The molecule has 0 aliphatic carbocycles. The molecule has 2 heterocycles. The van der Waals surface area contributed by atoms with Crippen LogP contribution in [0.3, 0.4) is 0 Å². The lowest BCUT2D eigenvalue weighted by molar-refractivity contribution is -0.126. The molecule has 26 heavy (non-hydrogen) atoms. The molecule has 2 fully saturated rings. The van der Waals surface area contributed by atoms with E-state index in [1.165, 1.54) is 6.42 Å². The van der Waals surface area contributed by atoms with Crippen LogP contribution in [0.1, 0.15) is 33.1 Å². The number of likely N-dealkylation sites (N-methyl/N-ethyl adjacent to an activating group) is 1. The molecule has 0 radical (unpaired) electrons. The van der Waals surface area contributed by atoms with Crippen molar-refractivity contribution < 1.29 is 14.3 Å². The van der Waals surface area contributed by atoms with Crippen molar-refractivity contribution >= 4 is 17.5 Å². The SMILES string of the molecule is CCOc1ccccc1N1CC(C(=O)NCC2CCCN2CC)CC1=O. The number of amides is 2. The van der Waals surface area contributed by atoms with E-state index < -0.39 is 0 Å². The third kappa shape index (κ3) is 4.01. The third-order valence-corrected chi connectivity index (χ3v) is 5.37. The Labute approximate surface area is 155 Å². The van der Waals surface area contributed by atoms with E-state index in [0.717, 1.165) is 25.2 Å². The van der Waals surface area contributed by atoms with Gasteiger partial charge < -0.3 is 15.0 Å². The van der Waals surface area contributed by atoms with Gasteiger partial charge in [0.05, 0.1) is 18.2 Å². The fraction of sp³-hybridized carbons (Fsp3) is 0.600. The first-order valence-electron chi connectivity index (χ1n) is 9.68. The molecule has 6 heteroatoms. The topological polar surface area (TPSA) is 61.9 Å². The normalized spacial score (nSPS) is 23.5. The van der Waals surface area contributed by atoms with E-state index in [1.807, 2.05) is 31.2 Å². The lowest BCUT2D eigenvalue weighted by atomic mass is 10.1. The van der Waals surface area contributed by atoms with Crippen molar-refractivity contribution in [3.63, 3.8) is 0 Å². The summed E-state index contributed by atoms with van der Waals surface area (Å²) in [6.07, 6.45) is 2.58. The minimum atomic E-state index is -0.298. The number of carbonyl (C=O) groups is 2. The van der Waals surface area contributed by atoms with Crippen molar-refractivity contribution in [2.75, 3.05) is 37.7 Å². The zero-order chi connectivity index (χ0) is 18.5. The molecule has 1 aromatic rings. The summed E-state index contributed by atoms with van der Waals surface area (Å²) in [6.45, 7) is 7.83. The predicted octanol–water partition coefficient (Wildman–Crippen LogP) is 2.04. The van der Waals surface area contributed by atoms with Gasteiger partial charge in [0.1, 0.15) is 5.75 Å². The number of hydrogen-bond acceptors (Lipinski definition) is 4. The Morgan fingerprint density at radius 3 is 2.88 bits per heavy atom. The van der Waals surface area contributed by atoms with Gasteiger partial charge in [-0.3, -0.25) is 14.5 Å². The van der Waals surface area contributed by atoms with Gasteiger partial charge in [0.2, 0.25) is 11.8 Å². The zero-order valence-electron chi connectivity index (χ0n) is 15.7. The summed E-state index contributed by atoms with van der Waals surface area (Å²) in [5.41, 5.74) is 0.752. The van der Waals surface area contributed by atoms with Gasteiger partial charge in [-0.15, -0.1) is 0 Å². The Balaban J connectivity index is 1.60. The highest BCUT2D eigenvalue weighted by Gasteiger charge is 2.36. The van der Waals surface area contributed by atoms with Gasteiger partial charge in [-0.05, 0) is 45.0 Å². The van der Waals surface area contributed by atoms with Gasteiger partial charge in [-0.2, -0.15) is 0 Å². The summed E-state index contributed by atoms with van der Waals surface area (Å²) in [5, 5.41) is 3.07. The number of benzene rings is 1. The minimum absolute atomic E-state index is 0.0160. The number of likely N-dealkylation sites (tertiary alicyclic amines) is 1. The summed E-state index contributed by atoms with van der Waals surface area (Å²) in [5.74, 6) is 0.355. The minimum Gasteiger partial charge on any atom is -0.492 e. The molecule has 2 amide bonds. The van der Waals surface area contributed by atoms with E-state index in [9.17, 15) is 9.59 Å². The Hall–Kier alpha value is -2.08. The van der Waals surface area contributed by atoms with Crippen molar-refractivity contribution in [3.8, 4) is 5.75 Å². The molecule has 1 N–H and O–H groups in total. The molecule has 2 unspecified atom stereocenters. The largest absolute Gasteiger partial charge is 0.492 e. The quantitative estimate of drug-likeness (QED) is 0.809. The van der Waals surface area contributed by atoms with E-state index in [1.54, 1.807) is 4.90 Å². The molecule has 142 valence electrons. The highest BCUT2D eigenvalue weighted by Crippen LogP contribution is 2.33. The molecule has 2 aliphatic heterocycles. The second-order valence-electron chi connectivity index (χ2n) is 6.98. The van der Waals surface area contributed by atoms with E-state index >= 15 is 0 Å². The number of rotatable bonds is 7. The van der Waals surface area contributed by atoms with Crippen LogP contribution < -0.4 is 15.0 Å². The number of ether oxygens (including phenoxy) is 1. The van der Waals surface area contributed by atoms with Crippen molar-refractivity contribution in [3.05, 3.63) is 24.3 Å². The number of anilines is 1. The van der Waals surface area contributed by atoms with Crippen LogP contribution in [0.2, 0.25) is 0 Å². The second kappa shape index (κ2) is 8.54. The molecule has 6 nitrogen and oxygen atoms in total. The molecule has 2 aliphatic rings. The maximum atomic E-state index is 12.6. The van der Waals surface area contributed by atoms with E-state index in [-0.39, 0.29) is 24.2 Å². The maximum absolute atomic E-state index is 12.6. The van der Waals surface area contributed by atoms with Crippen LogP contribution >= 0.6 is 0 Å². The van der Waals surface area contributed by atoms with E-state index in [4.69, 9.17) is 4.74 Å². The second-order valence-corrected chi connectivity index (χ2v) is 6.98. The first-order valence-corrected chi connectivity index (χ1v) is 9.68. The average molecular weight is 359 g/mol. The summed E-state index contributed by atoms with van der Waals surface area (Å²) < 4.78 is 5.63. The Bertz CT molecular complexity index is 649. The van der Waals surface area contributed by atoms with Gasteiger partial charge in [-0.1, -0.05) is 19.1 Å². The summed E-state index contributed by atoms with van der Waals surface area (Å²) in [6, 6.07) is 7.94. The van der Waals surface area contributed by atoms with Crippen LogP contribution in [0.25, 0.3) is 0 Å². The van der Waals surface area contributed by atoms with Gasteiger partial charge >= 0.3 is 0 Å². The zero-order valence-corrected chi connectivity index (χ0v) is 15.7. The maximum Gasteiger partial charge on any atom is 0.227 e. The van der Waals surface area contributed by atoms with Crippen molar-refractivity contribution in [1.29, 1.82) is 0 Å². The predicted molar refractivity (Wildman–Crippen MR) is 101 cm³/mol. The van der Waals surface area contributed by atoms with E-state index in [2.05, 4.69) is 17.1 Å². The lowest BCUT2D eigenvalue weighted by Gasteiger charge is -2.23. The Morgan fingerprint density at radius 2 is 2.12 bits per heavy atom. The van der Waals surface area contributed by atoms with Crippen LogP contribution in [0.4, 0.5) is 5.69 Å². The highest BCUT2D eigenvalue weighted by molar-refractivity contribution is 6.01. The molecule has 3 rings (SSSR count). The van der Waals surface area contributed by atoms with E-state index in [0.29, 0.717) is 31.5 Å². The molecule has 1 aromatic carbocycles. The van der Waals surface area contributed by atoms with Crippen LogP contribution in [-0.2, 0) is 9.59 Å². The lowest BCUT2D eigenvalue weighted by Crippen LogP contribution is -2.42. The molecular weight excluding hydrogens is 330 g/mol. The molecule has 0 bridgehead atoms. The van der Waals surface area contributed by atoms with Crippen molar-refractivity contribution in [2.45, 2.75) is 39.2 Å². The Kier molecular flexibility index (Phi) is 6.14. The summed E-state index contributed by atoms with van der Waals surface area (Å²) in [7, 11) is 0. The average Bonchev–Trinajstić information content (AvgIpc) is 3.26.